The largest absolute Gasteiger partial charge is 0.354 e. The molecule has 0 radical (unpaired) electrons. The van der Waals surface area contributed by atoms with E-state index in [4.69, 9.17) is 5.73 Å². The van der Waals surface area contributed by atoms with Crippen LogP contribution in [-0.4, -0.2) is 47.9 Å². The number of nitrogens with zero attached hydrogens (tertiary/aromatic N) is 2. The van der Waals surface area contributed by atoms with Crippen molar-refractivity contribution in [2.75, 3.05) is 20.1 Å². The fourth-order valence-corrected chi connectivity index (χ4v) is 2.69. The van der Waals surface area contributed by atoms with E-state index in [0.29, 0.717) is 23.7 Å². The van der Waals surface area contributed by atoms with E-state index in [1.54, 1.807) is 19.2 Å². The van der Waals surface area contributed by atoms with Crippen molar-refractivity contribution in [2.45, 2.75) is 25.8 Å². The molecule has 0 spiro atoms. The number of nitrogens with one attached hydrogen (secondary N) is 1. The monoisotopic (exact) mass is 326 g/mol. The van der Waals surface area contributed by atoms with E-state index in [9.17, 15) is 9.59 Å². The van der Waals surface area contributed by atoms with Gasteiger partial charge in [0, 0.05) is 32.4 Å². The Bertz CT molecular complexity index is 521. The van der Waals surface area contributed by atoms with E-state index in [1.165, 1.54) is 6.20 Å². The van der Waals surface area contributed by atoms with Gasteiger partial charge >= 0.3 is 0 Å². The first-order valence-electron chi connectivity index (χ1n) is 7.26. The Labute approximate surface area is 136 Å². The van der Waals surface area contributed by atoms with Gasteiger partial charge in [-0.25, -0.2) is 0 Å². The first kappa shape index (κ1) is 18.4. The fourth-order valence-electron chi connectivity index (χ4n) is 2.69. The molecule has 0 aromatic carbocycles. The molecule has 3 N–H and O–H groups in total. The highest BCUT2D eigenvalue weighted by Gasteiger charge is 2.29. The molecule has 2 rings (SSSR count). The molecule has 1 fully saturated rings. The molecule has 2 heterocycles. The number of hydrogen-bond acceptors (Lipinski definition) is 4. The number of carbonyl (C=O) groups excluding carboxylic acids is 2. The van der Waals surface area contributed by atoms with Crippen LogP contribution in [0.2, 0.25) is 0 Å². The third kappa shape index (κ3) is 3.96. The van der Waals surface area contributed by atoms with Gasteiger partial charge in [-0.15, -0.1) is 12.4 Å². The summed E-state index contributed by atoms with van der Waals surface area (Å²) in [6.45, 7) is 3.38. The van der Waals surface area contributed by atoms with Crippen LogP contribution < -0.4 is 11.1 Å². The zero-order valence-electron chi connectivity index (χ0n) is 12.9. The Balaban J connectivity index is 0.00000242. The molecular formula is C15H23ClN4O2. The normalized spacial score (nSPS) is 21.0. The Morgan fingerprint density at radius 2 is 2.18 bits per heavy atom. The zero-order chi connectivity index (χ0) is 15.4. The smallest absolute Gasteiger partial charge is 0.269 e. The third-order valence-corrected chi connectivity index (χ3v) is 3.98. The predicted octanol–water partition coefficient (Wildman–Crippen LogP) is 1.06. The van der Waals surface area contributed by atoms with Crippen LogP contribution in [0.5, 0.6) is 0 Å². The zero-order valence-corrected chi connectivity index (χ0v) is 13.7. The molecular weight excluding hydrogens is 304 g/mol. The first-order chi connectivity index (χ1) is 10.1. The predicted molar refractivity (Wildman–Crippen MR) is 87.2 cm³/mol. The van der Waals surface area contributed by atoms with Crippen molar-refractivity contribution >= 4 is 24.2 Å². The topological polar surface area (TPSA) is 88.3 Å². The number of pyridine rings is 1. The van der Waals surface area contributed by atoms with Crippen molar-refractivity contribution in [3.8, 4) is 0 Å². The summed E-state index contributed by atoms with van der Waals surface area (Å²) in [7, 11) is 1.55. The standard InChI is InChI=1S/C15H22N4O2.ClH/c1-10-5-6-19(12(7-10)8-16)15(21)11-3-4-13(18-9-11)14(20)17-2;/h3-4,9-10,12H,5-8,16H2,1-2H3,(H,17,20);1H. The van der Waals surface area contributed by atoms with Gasteiger partial charge in [-0.2, -0.15) is 0 Å². The molecule has 1 aromatic rings. The molecule has 0 saturated carbocycles. The van der Waals surface area contributed by atoms with Crippen molar-refractivity contribution < 1.29 is 9.59 Å². The Morgan fingerprint density at radius 1 is 1.45 bits per heavy atom. The van der Waals surface area contributed by atoms with Crippen LogP contribution in [0.1, 0.15) is 40.6 Å². The second-order valence-corrected chi connectivity index (χ2v) is 5.53. The molecule has 1 aliphatic rings. The van der Waals surface area contributed by atoms with Gasteiger partial charge in [0.05, 0.1) is 5.56 Å². The molecule has 0 bridgehead atoms. The summed E-state index contributed by atoms with van der Waals surface area (Å²) < 4.78 is 0. The van der Waals surface area contributed by atoms with Crippen molar-refractivity contribution in [2.24, 2.45) is 11.7 Å². The van der Waals surface area contributed by atoms with Crippen LogP contribution >= 0.6 is 12.4 Å². The van der Waals surface area contributed by atoms with Crippen LogP contribution in [0.4, 0.5) is 0 Å². The number of hydrogen-bond donors (Lipinski definition) is 2. The molecule has 2 amide bonds. The average Bonchev–Trinajstić information content (AvgIpc) is 2.53. The molecule has 1 aliphatic heterocycles. The summed E-state index contributed by atoms with van der Waals surface area (Å²) in [5.41, 5.74) is 6.59. The van der Waals surface area contributed by atoms with Crippen molar-refractivity contribution in [1.82, 2.24) is 15.2 Å². The van der Waals surface area contributed by atoms with E-state index in [-0.39, 0.29) is 30.3 Å². The molecule has 122 valence electrons. The number of halogens is 1. The Morgan fingerprint density at radius 3 is 2.73 bits per heavy atom. The molecule has 1 aromatic heterocycles. The summed E-state index contributed by atoms with van der Waals surface area (Å²) in [5.74, 6) is 0.269. The van der Waals surface area contributed by atoms with Gasteiger partial charge in [-0.05, 0) is 30.9 Å². The number of nitrogens with two attached hydrogens (primary N) is 1. The van der Waals surface area contributed by atoms with Gasteiger partial charge in [0.2, 0.25) is 0 Å². The highest BCUT2D eigenvalue weighted by atomic mass is 35.5. The molecule has 6 nitrogen and oxygen atoms in total. The van der Waals surface area contributed by atoms with Crippen molar-refractivity contribution in [3.63, 3.8) is 0 Å². The number of likely N-dealkylation sites (tertiary alicyclic amines) is 1. The maximum atomic E-state index is 12.6. The lowest BCUT2D eigenvalue weighted by Crippen LogP contribution is -2.49. The van der Waals surface area contributed by atoms with Crippen LogP contribution in [0.3, 0.4) is 0 Å². The first-order valence-corrected chi connectivity index (χ1v) is 7.26. The van der Waals surface area contributed by atoms with E-state index >= 15 is 0 Å². The lowest BCUT2D eigenvalue weighted by Gasteiger charge is -2.38. The van der Waals surface area contributed by atoms with Crippen LogP contribution in [0.25, 0.3) is 0 Å². The summed E-state index contributed by atoms with van der Waals surface area (Å²) >= 11 is 0. The molecule has 2 unspecified atom stereocenters. The average molecular weight is 327 g/mol. The van der Waals surface area contributed by atoms with Gasteiger partial charge in [0.15, 0.2) is 0 Å². The molecule has 1 saturated heterocycles. The lowest BCUT2D eigenvalue weighted by atomic mass is 9.92. The quantitative estimate of drug-likeness (QED) is 0.869. The minimum absolute atomic E-state index is 0. The van der Waals surface area contributed by atoms with E-state index in [1.807, 2.05) is 4.90 Å². The number of carbonyl (C=O) groups is 2. The van der Waals surface area contributed by atoms with Crippen molar-refractivity contribution in [3.05, 3.63) is 29.6 Å². The minimum Gasteiger partial charge on any atom is -0.354 e. The summed E-state index contributed by atoms with van der Waals surface area (Å²) in [5, 5.41) is 2.50. The van der Waals surface area contributed by atoms with E-state index < -0.39 is 0 Å². The van der Waals surface area contributed by atoms with Gasteiger partial charge in [0.25, 0.3) is 11.8 Å². The highest BCUT2D eigenvalue weighted by molar-refractivity contribution is 5.96. The van der Waals surface area contributed by atoms with Gasteiger partial charge in [-0.3, -0.25) is 14.6 Å². The lowest BCUT2D eigenvalue weighted by molar-refractivity contribution is 0.0573. The Hall–Kier alpha value is -1.66. The molecule has 0 aliphatic carbocycles. The SMILES string of the molecule is CNC(=O)c1ccc(C(=O)N2CCC(C)CC2CN)cn1.Cl. The summed E-state index contributed by atoms with van der Waals surface area (Å²) in [6.07, 6.45) is 3.39. The maximum absolute atomic E-state index is 12.6. The minimum atomic E-state index is -0.263. The summed E-state index contributed by atoms with van der Waals surface area (Å²) in [4.78, 5) is 29.9. The van der Waals surface area contributed by atoms with Crippen LogP contribution in [-0.2, 0) is 0 Å². The summed E-state index contributed by atoms with van der Waals surface area (Å²) in [6, 6.07) is 3.29. The maximum Gasteiger partial charge on any atom is 0.269 e. The van der Waals surface area contributed by atoms with Crippen molar-refractivity contribution in [1.29, 1.82) is 0 Å². The van der Waals surface area contributed by atoms with Gasteiger partial charge in [0.1, 0.15) is 5.69 Å². The third-order valence-electron chi connectivity index (χ3n) is 3.98. The molecule has 22 heavy (non-hydrogen) atoms. The second kappa shape index (κ2) is 8.10. The highest BCUT2D eigenvalue weighted by Crippen LogP contribution is 2.23. The van der Waals surface area contributed by atoms with Gasteiger partial charge < -0.3 is 16.0 Å². The Kier molecular flexibility index (Phi) is 6.77. The number of piperidine rings is 1. The van der Waals surface area contributed by atoms with Gasteiger partial charge in [-0.1, -0.05) is 6.92 Å². The second-order valence-electron chi connectivity index (χ2n) is 5.53. The number of aromatic nitrogens is 1. The molecule has 7 heteroatoms. The van der Waals surface area contributed by atoms with E-state index in [0.717, 1.165) is 19.4 Å². The van der Waals surface area contributed by atoms with Crippen LogP contribution in [0.15, 0.2) is 18.3 Å². The number of rotatable bonds is 3. The van der Waals surface area contributed by atoms with E-state index in [2.05, 4.69) is 17.2 Å². The fraction of sp³-hybridized carbons (Fsp3) is 0.533. The molecule has 2 atom stereocenters. The number of amides is 2. The van der Waals surface area contributed by atoms with Crippen LogP contribution in [0, 0.1) is 5.92 Å².